The van der Waals surface area contributed by atoms with E-state index in [4.69, 9.17) is 23.2 Å². The average molecular weight is 234 g/mol. The predicted molar refractivity (Wildman–Crippen MR) is 57.1 cm³/mol. The third-order valence-electron chi connectivity index (χ3n) is 1.44. The SMILES string of the molecule is CCOC(=O)Nc1cc(Cl)ccc1Cl. The first-order chi connectivity index (χ1) is 6.63. The zero-order valence-electron chi connectivity index (χ0n) is 7.51. The van der Waals surface area contributed by atoms with Gasteiger partial charge in [-0.25, -0.2) is 4.79 Å². The Bertz CT molecular complexity index is 342. The molecule has 0 saturated heterocycles. The first-order valence-electron chi connectivity index (χ1n) is 4.02. The highest BCUT2D eigenvalue weighted by atomic mass is 35.5. The maximum absolute atomic E-state index is 11.0. The molecule has 0 fully saturated rings. The van der Waals surface area contributed by atoms with Crippen LogP contribution in [-0.2, 0) is 4.74 Å². The number of amides is 1. The van der Waals surface area contributed by atoms with Crippen LogP contribution in [0.4, 0.5) is 10.5 Å². The van der Waals surface area contributed by atoms with Gasteiger partial charge in [-0.3, -0.25) is 5.32 Å². The number of benzene rings is 1. The average Bonchev–Trinajstić information content (AvgIpc) is 2.12. The van der Waals surface area contributed by atoms with Crippen LogP contribution in [0.25, 0.3) is 0 Å². The highest BCUT2D eigenvalue weighted by molar-refractivity contribution is 6.35. The fraction of sp³-hybridized carbons (Fsp3) is 0.222. The van der Waals surface area contributed by atoms with Crippen LogP contribution in [0.5, 0.6) is 0 Å². The number of rotatable bonds is 2. The summed E-state index contributed by atoms with van der Waals surface area (Å²) in [5, 5.41) is 3.39. The van der Waals surface area contributed by atoms with Crippen molar-refractivity contribution in [3.63, 3.8) is 0 Å². The summed E-state index contributed by atoms with van der Waals surface area (Å²) in [6.07, 6.45) is -0.545. The van der Waals surface area contributed by atoms with E-state index in [-0.39, 0.29) is 0 Å². The molecule has 0 atom stereocenters. The van der Waals surface area contributed by atoms with Gasteiger partial charge in [-0.2, -0.15) is 0 Å². The lowest BCUT2D eigenvalue weighted by Gasteiger charge is -2.06. The largest absolute Gasteiger partial charge is 0.450 e. The van der Waals surface area contributed by atoms with E-state index in [2.05, 4.69) is 10.1 Å². The molecule has 1 aromatic rings. The molecule has 0 radical (unpaired) electrons. The summed E-state index contributed by atoms with van der Waals surface area (Å²) in [5.41, 5.74) is 0.442. The van der Waals surface area contributed by atoms with Crippen molar-refractivity contribution in [2.24, 2.45) is 0 Å². The highest BCUT2D eigenvalue weighted by Gasteiger charge is 2.05. The maximum Gasteiger partial charge on any atom is 0.411 e. The molecule has 76 valence electrons. The lowest BCUT2D eigenvalue weighted by molar-refractivity contribution is 0.168. The van der Waals surface area contributed by atoms with E-state index in [0.29, 0.717) is 22.3 Å². The molecule has 5 heteroatoms. The molecular weight excluding hydrogens is 225 g/mol. The number of carbonyl (C=O) groups excluding carboxylic acids is 1. The Hall–Kier alpha value is -0.930. The Morgan fingerprint density at radius 1 is 1.50 bits per heavy atom. The third kappa shape index (κ3) is 3.09. The molecule has 0 unspecified atom stereocenters. The molecule has 1 rings (SSSR count). The minimum atomic E-state index is -0.545. The normalized spacial score (nSPS) is 9.64. The first kappa shape index (κ1) is 11.1. The lowest BCUT2D eigenvalue weighted by Crippen LogP contribution is -2.13. The summed E-state index contributed by atoms with van der Waals surface area (Å²) in [7, 11) is 0. The van der Waals surface area contributed by atoms with Crippen LogP contribution in [-0.4, -0.2) is 12.7 Å². The van der Waals surface area contributed by atoms with E-state index in [0.717, 1.165) is 0 Å². The molecule has 1 aromatic carbocycles. The molecule has 0 aliphatic carbocycles. The fourth-order valence-electron chi connectivity index (χ4n) is 0.870. The van der Waals surface area contributed by atoms with E-state index in [1.54, 1.807) is 25.1 Å². The van der Waals surface area contributed by atoms with Crippen LogP contribution in [0.3, 0.4) is 0 Å². The zero-order chi connectivity index (χ0) is 10.6. The zero-order valence-corrected chi connectivity index (χ0v) is 9.02. The van der Waals surface area contributed by atoms with E-state index >= 15 is 0 Å². The molecule has 14 heavy (non-hydrogen) atoms. The van der Waals surface area contributed by atoms with Gasteiger partial charge in [0.2, 0.25) is 0 Å². The van der Waals surface area contributed by atoms with Crippen LogP contribution in [0.2, 0.25) is 10.0 Å². The summed E-state index contributed by atoms with van der Waals surface area (Å²) in [6.45, 7) is 2.03. The number of ether oxygens (including phenoxy) is 1. The van der Waals surface area contributed by atoms with Crippen molar-refractivity contribution in [1.82, 2.24) is 0 Å². The lowest BCUT2D eigenvalue weighted by atomic mass is 10.3. The number of nitrogens with one attached hydrogen (secondary N) is 1. The fourth-order valence-corrected chi connectivity index (χ4v) is 1.21. The molecule has 0 bridgehead atoms. The van der Waals surface area contributed by atoms with Crippen LogP contribution >= 0.6 is 23.2 Å². The molecule has 0 aromatic heterocycles. The second-order valence-corrected chi connectivity index (χ2v) is 3.31. The molecule has 0 heterocycles. The molecule has 0 aliphatic heterocycles. The van der Waals surface area contributed by atoms with Gasteiger partial charge in [0, 0.05) is 5.02 Å². The Morgan fingerprint density at radius 2 is 2.21 bits per heavy atom. The Kier molecular flexibility index (Phi) is 4.04. The van der Waals surface area contributed by atoms with Crippen molar-refractivity contribution in [3.8, 4) is 0 Å². The molecule has 1 amide bonds. The molecule has 0 aliphatic rings. The van der Waals surface area contributed by atoms with Gasteiger partial charge >= 0.3 is 6.09 Å². The summed E-state index contributed by atoms with van der Waals surface area (Å²) >= 11 is 11.5. The molecular formula is C9H9Cl2NO2. The minimum absolute atomic E-state index is 0.310. The molecule has 1 N–H and O–H groups in total. The van der Waals surface area contributed by atoms with Gasteiger partial charge in [0.1, 0.15) is 0 Å². The van der Waals surface area contributed by atoms with Gasteiger partial charge in [-0.15, -0.1) is 0 Å². The van der Waals surface area contributed by atoms with E-state index in [1.165, 1.54) is 0 Å². The Labute approximate surface area is 92.0 Å². The second-order valence-electron chi connectivity index (χ2n) is 2.47. The number of halogens is 2. The van der Waals surface area contributed by atoms with Crippen molar-refractivity contribution in [1.29, 1.82) is 0 Å². The number of carbonyl (C=O) groups is 1. The minimum Gasteiger partial charge on any atom is -0.450 e. The van der Waals surface area contributed by atoms with Gasteiger partial charge in [0.15, 0.2) is 0 Å². The van der Waals surface area contributed by atoms with Crippen molar-refractivity contribution in [2.75, 3.05) is 11.9 Å². The first-order valence-corrected chi connectivity index (χ1v) is 4.78. The van der Waals surface area contributed by atoms with E-state index in [1.807, 2.05) is 0 Å². The smallest absolute Gasteiger partial charge is 0.411 e. The summed E-state index contributed by atoms with van der Waals surface area (Å²) in [6, 6.07) is 4.80. The number of hydrogen-bond donors (Lipinski definition) is 1. The molecule has 0 spiro atoms. The predicted octanol–water partition coefficient (Wildman–Crippen LogP) is 3.56. The third-order valence-corrected chi connectivity index (χ3v) is 2.01. The standard InChI is InChI=1S/C9H9Cl2NO2/c1-2-14-9(13)12-8-5-6(10)3-4-7(8)11/h3-5H,2H2,1H3,(H,12,13). The van der Waals surface area contributed by atoms with Crippen LogP contribution in [0, 0.1) is 0 Å². The van der Waals surface area contributed by atoms with Gasteiger partial charge in [0.05, 0.1) is 17.3 Å². The molecule has 0 saturated carbocycles. The van der Waals surface area contributed by atoms with Crippen molar-refractivity contribution in [3.05, 3.63) is 28.2 Å². The second kappa shape index (κ2) is 5.08. The van der Waals surface area contributed by atoms with Gasteiger partial charge in [0.25, 0.3) is 0 Å². The monoisotopic (exact) mass is 233 g/mol. The molecule has 3 nitrogen and oxygen atoms in total. The van der Waals surface area contributed by atoms with Crippen LogP contribution < -0.4 is 5.32 Å². The van der Waals surface area contributed by atoms with Crippen LogP contribution in [0.1, 0.15) is 6.92 Å². The number of hydrogen-bond acceptors (Lipinski definition) is 2. The van der Waals surface area contributed by atoms with Crippen molar-refractivity contribution in [2.45, 2.75) is 6.92 Å². The quantitative estimate of drug-likeness (QED) is 0.849. The summed E-state index contributed by atoms with van der Waals surface area (Å²) in [4.78, 5) is 11.0. The maximum atomic E-state index is 11.0. The van der Waals surface area contributed by atoms with E-state index < -0.39 is 6.09 Å². The van der Waals surface area contributed by atoms with Crippen molar-refractivity contribution < 1.29 is 9.53 Å². The van der Waals surface area contributed by atoms with E-state index in [9.17, 15) is 4.79 Å². The van der Waals surface area contributed by atoms with Gasteiger partial charge < -0.3 is 4.74 Å². The topological polar surface area (TPSA) is 38.3 Å². The Balaban J connectivity index is 2.75. The van der Waals surface area contributed by atoms with Gasteiger partial charge in [-0.1, -0.05) is 23.2 Å². The number of anilines is 1. The summed E-state index contributed by atoms with van der Waals surface area (Å²) in [5.74, 6) is 0. The van der Waals surface area contributed by atoms with Crippen molar-refractivity contribution >= 4 is 35.0 Å². The van der Waals surface area contributed by atoms with Crippen LogP contribution in [0.15, 0.2) is 18.2 Å². The van der Waals surface area contributed by atoms with Gasteiger partial charge in [-0.05, 0) is 25.1 Å². The Morgan fingerprint density at radius 3 is 2.86 bits per heavy atom. The summed E-state index contributed by atoms with van der Waals surface area (Å²) < 4.78 is 4.69. The highest BCUT2D eigenvalue weighted by Crippen LogP contribution is 2.25.